The Kier molecular flexibility index (Phi) is 4.44. The van der Waals surface area contributed by atoms with Crippen molar-refractivity contribution in [3.05, 3.63) is 53.9 Å². The van der Waals surface area contributed by atoms with Gasteiger partial charge in [0.15, 0.2) is 0 Å². The summed E-state index contributed by atoms with van der Waals surface area (Å²) in [5.41, 5.74) is 1.61. The highest BCUT2D eigenvalue weighted by molar-refractivity contribution is 5.93. The molecule has 0 fully saturated rings. The molecular weight excluding hydrogens is 242 g/mol. The smallest absolute Gasteiger partial charge is 0.316 e. The lowest BCUT2D eigenvalue weighted by Gasteiger charge is -2.05. The third kappa shape index (κ3) is 3.77. The summed E-state index contributed by atoms with van der Waals surface area (Å²) in [7, 11) is 1.48. The zero-order valence-corrected chi connectivity index (χ0v) is 10.7. The number of nitrogens with zero attached hydrogens (tertiary/aromatic N) is 2. The molecule has 0 unspecified atom stereocenters. The van der Waals surface area contributed by atoms with Crippen molar-refractivity contribution < 1.29 is 9.53 Å². The molecular formula is C14H15N3O2. The van der Waals surface area contributed by atoms with Crippen molar-refractivity contribution in [3.63, 3.8) is 0 Å². The summed E-state index contributed by atoms with van der Waals surface area (Å²) in [5.74, 6) is -0.182. The van der Waals surface area contributed by atoms with Gasteiger partial charge in [-0.05, 0) is 12.0 Å². The van der Waals surface area contributed by atoms with Crippen LogP contribution in [0.25, 0.3) is 0 Å². The van der Waals surface area contributed by atoms with Gasteiger partial charge in [0.1, 0.15) is 0 Å². The molecule has 0 spiro atoms. The average Bonchev–Trinajstić information content (AvgIpc) is 2.48. The van der Waals surface area contributed by atoms with E-state index < -0.39 is 0 Å². The number of nitrogens with one attached hydrogen (secondary N) is 1. The molecule has 0 aliphatic heterocycles. The Morgan fingerprint density at radius 2 is 1.89 bits per heavy atom. The Balaban J connectivity index is 1.84. The SMILES string of the molecule is COc1ncc(C(=O)NCCc2ccccc2)cn1. The molecule has 1 aromatic carbocycles. The Bertz CT molecular complexity index is 526. The second-order valence-corrected chi connectivity index (χ2v) is 3.95. The van der Waals surface area contributed by atoms with Gasteiger partial charge < -0.3 is 10.1 Å². The Morgan fingerprint density at radius 1 is 1.21 bits per heavy atom. The largest absolute Gasteiger partial charge is 0.467 e. The van der Waals surface area contributed by atoms with Crippen LogP contribution >= 0.6 is 0 Å². The second-order valence-electron chi connectivity index (χ2n) is 3.95. The Morgan fingerprint density at radius 3 is 2.53 bits per heavy atom. The van der Waals surface area contributed by atoms with Gasteiger partial charge in [-0.15, -0.1) is 0 Å². The van der Waals surface area contributed by atoms with Gasteiger partial charge in [0.2, 0.25) is 0 Å². The molecule has 0 aliphatic rings. The summed E-state index contributed by atoms with van der Waals surface area (Å²) in [5, 5.41) is 2.83. The normalized spacial score (nSPS) is 9.95. The molecule has 1 N–H and O–H groups in total. The van der Waals surface area contributed by atoms with Gasteiger partial charge in [-0.2, -0.15) is 0 Å². The minimum absolute atomic E-state index is 0.182. The molecule has 1 aromatic heterocycles. The fraction of sp³-hybridized carbons (Fsp3) is 0.214. The van der Waals surface area contributed by atoms with Crippen LogP contribution in [0.1, 0.15) is 15.9 Å². The molecule has 0 saturated carbocycles. The summed E-state index contributed by atoms with van der Waals surface area (Å²) in [6, 6.07) is 10.2. The standard InChI is InChI=1S/C14H15N3O2/c1-19-14-16-9-12(10-17-14)13(18)15-8-7-11-5-3-2-4-6-11/h2-6,9-10H,7-8H2,1H3,(H,15,18). The molecule has 19 heavy (non-hydrogen) atoms. The van der Waals surface area contributed by atoms with Gasteiger partial charge in [0, 0.05) is 18.9 Å². The lowest BCUT2D eigenvalue weighted by molar-refractivity contribution is 0.0953. The Hall–Kier alpha value is -2.43. The van der Waals surface area contributed by atoms with Crippen molar-refractivity contribution in [1.29, 1.82) is 0 Å². The molecule has 2 rings (SSSR count). The molecule has 5 nitrogen and oxygen atoms in total. The number of hydrogen-bond donors (Lipinski definition) is 1. The molecule has 0 bridgehead atoms. The lowest BCUT2D eigenvalue weighted by Crippen LogP contribution is -2.25. The predicted octanol–water partition coefficient (Wildman–Crippen LogP) is 1.46. The molecule has 0 radical (unpaired) electrons. The lowest BCUT2D eigenvalue weighted by atomic mass is 10.1. The third-order valence-corrected chi connectivity index (χ3v) is 2.61. The number of amides is 1. The molecule has 1 amide bonds. The molecule has 98 valence electrons. The second kappa shape index (κ2) is 6.49. The molecule has 5 heteroatoms. The van der Waals surface area contributed by atoms with Crippen LogP contribution in [0.2, 0.25) is 0 Å². The van der Waals surface area contributed by atoms with E-state index in [0.717, 1.165) is 6.42 Å². The summed E-state index contributed by atoms with van der Waals surface area (Å²) in [4.78, 5) is 19.6. The topological polar surface area (TPSA) is 64.1 Å². The number of rotatable bonds is 5. The van der Waals surface area contributed by atoms with Gasteiger partial charge in [-0.25, -0.2) is 9.97 Å². The fourth-order valence-electron chi connectivity index (χ4n) is 1.61. The van der Waals surface area contributed by atoms with E-state index in [9.17, 15) is 4.79 Å². The first-order valence-electron chi connectivity index (χ1n) is 5.98. The van der Waals surface area contributed by atoms with Gasteiger partial charge in [0.05, 0.1) is 12.7 Å². The number of ether oxygens (including phenoxy) is 1. The average molecular weight is 257 g/mol. The first-order valence-corrected chi connectivity index (χ1v) is 5.98. The monoisotopic (exact) mass is 257 g/mol. The van der Waals surface area contributed by atoms with E-state index in [1.165, 1.54) is 25.1 Å². The zero-order chi connectivity index (χ0) is 13.5. The first kappa shape index (κ1) is 13.0. The first-order chi connectivity index (χ1) is 9.29. The van der Waals surface area contributed by atoms with Crippen molar-refractivity contribution in [3.8, 4) is 6.01 Å². The highest BCUT2D eigenvalue weighted by Crippen LogP contribution is 2.02. The van der Waals surface area contributed by atoms with E-state index in [-0.39, 0.29) is 11.9 Å². The van der Waals surface area contributed by atoms with E-state index in [1.54, 1.807) is 0 Å². The van der Waals surface area contributed by atoms with Gasteiger partial charge in [-0.3, -0.25) is 4.79 Å². The van der Waals surface area contributed by atoms with Crippen LogP contribution in [0.5, 0.6) is 6.01 Å². The van der Waals surface area contributed by atoms with Crippen molar-refractivity contribution in [2.75, 3.05) is 13.7 Å². The zero-order valence-electron chi connectivity index (χ0n) is 10.7. The highest BCUT2D eigenvalue weighted by atomic mass is 16.5. The summed E-state index contributed by atoms with van der Waals surface area (Å²) in [6.07, 6.45) is 3.69. The third-order valence-electron chi connectivity index (χ3n) is 2.61. The van der Waals surface area contributed by atoms with Gasteiger partial charge in [0.25, 0.3) is 5.91 Å². The maximum atomic E-state index is 11.8. The van der Waals surface area contributed by atoms with Crippen molar-refractivity contribution in [1.82, 2.24) is 15.3 Å². The Labute approximate surface area is 111 Å². The quantitative estimate of drug-likeness (QED) is 0.880. The highest BCUT2D eigenvalue weighted by Gasteiger charge is 2.06. The van der Waals surface area contributed by atoms with E-state index in [4.69, 9.17) is 4.74 Å². The van der Waals surface area contributed by atoms with Crippen LogP contribution in [0.4, 0.5) is 0 Å². The minimum atomic E-state index is -0.182. The van der Waals surface area contributed by atoms with E-state index in [2.05, 4.69) is 15.3 Å². The molecule has 2 aromatic rings. The number of methoxy groups -OCH3 is 1. The summed E-state index contributed by atoms with van der Waals surface area (Å²) < 4.78 is 4.83. The minimum Gasteiger partial charge on any atom is -0.467 e. The van der Waals surface area contributed by atoms with E-state index in [0.29, 0.717) is 12.1 Å². The molecule has 1 heterocycles. The van der Waals surface area contributed by atoms with Crippen molar-refractivity contribution in [2.24, 2.45) is 0 Å². The van der Waals surface area contributed by atoms with Crippen LogP contribution in [-0.4, -0.2) is 29.5 Å². The number of carbonyl (C=O) groups is 1. The molecule has 0 aliphatic carbocycles. The van der Waals surface area contributed by atoms with Crippen LogP contribution in [-0.2, 0) is 6.42 Å². The maximum absolute atomic E-state index is 11.8. The van der Waals surface area contributed by atoms with Crippen molar-refractivity contribution >= 4 is 5.91 Å². The predicted molar refractivity (Wildman–Crippen MR) is 71.1 cm³/mol. The van der Waals surface area contributed by atoms with E-state index >= 15 is 0 Å². The van der Waals surface area contributed by atoms with Crippen LogP contribution in [0.15, 0.2) is 42.7 Å². The van der Waals surface area contributed by atoms with Crippen LogP contribution < -0.4 is 10.1 Å². The summed E-state index contributed by atoms with van der Waals surface area (Å²) >= 11 is 0. The van der Waals surface area contributed by atoms with Gasteiger partial charge >= 0.3 is 6.01 Å². The maximum Gasteiger partial charge on any atom is 0.316 e. The number of hydrogen-bond acceptors (Lipinski definition) is 4. The number of benzene rings is 1. The van der Waals surface area contributed by atoms with Gasteiger partial charge in [-0.1, -0.05) is 30.3 Å². The molecule has 0 saturated heterocycles. The van der Waals surface area contributed by atoms with E-state index in [1.807, 2.05) is 30.3 Å². The van der Waals surface area contributed by atoms with Crippen LogP contribution in [0.3, 0.4) is 0 Å². The van der Waals surface area contributed by atoms with Crippen LogP contribution in [0, 0.1) is 0 Å². The van der Waals surface area contributed by atoms with Crippen molar-refractivity contribution in [2.45, 2.75) is 6.42 Å². The summed E-state index contributed by atoms with van der Waals surface area (Å²) in [6.45, 7) is 0.578. The fourth-order valence-corrected chi connectivity index (χ4v) is 1.61. The number of aromatic nitrogens is 2. The molecule has 0 atom stereocenters. The number of carbonyl (C=O) groups excluding carboxylic acids is 1.